The minimum absolute atomic E-state index is 0.716. The van der Waals surface area contributed by atoms with Crippen molar-refractivity contribution in [3.05, 3.63) is 12.1 Å². The number of pyridine rings is 1. The van der Waals surface area contributed by atoms with Gasteiger partial charge in [-0.25, -0.2) is 0 Å². The highest BCUT2D eigenvalue weighted by molar-refractivity contribution is 5.59. The normalized spacial score (nSPS) is 14.6. The summed E-state index contributed by atoms with van der Waals surface area (Å²) in [7, 11) is 6.00. The van der Waals surface area contributed by atoms with Gasteiger partial charge in [0.15, 0.2) is 0 Å². The second kappa shape index (κ2) is 3.36. The number of fused-ring (bicyclic) bond motifs is 1. The third-order valence-electron chi connectivity index (χ3n) is 2.36. The van der Waals surface area contributed by atoms with Gasteiger partial charge in [-0.1, -0.05) is 0 Å². The third kappa shape index (κ3) is 1.47. The van der Waals surface area contributed by atoms with E-state index in [1.54, 1.807) is 0 Å². The van der Waals surface area contributed by atoms with Crippen molar-refractivity contribution >= 4 is 11.5 Å². The number of nitrogens with zero attached hydrogens (tertiary/aromatic N) is 3. The Morgan fingerprint density at radius 2 is 2.21 bits per heavy atom. The van der Waals surface area contributed by atoms with Crippen molar-refractivity contribution < 1.29 is 4.74 Å². The summed E-state index contributed by atoms with van der Waals surface area (Å²) in [6.45, 7) is 1.64. The first kappa shape index (κ1) is 9.12. The fraction of sp³-hybridized carbons (Fsp3) is 0.500. The van der Waals surface area contributed by atoms with Crippen LogP contribution in [0.1, 0.15) is 0 Å². The smallest absolute Gasteiger partial charge is 0.239 e. The molecule has 0 saturated carbocycles. The summed E-state index contributed by atoms with van der Waals surface area (Å²) in [5.74, 6) is 1.67. The Balaban J connectivity index is 2.39. The largest absolute Gasteiger partial charge is 0.474 e. The van der Waals surface area contributed by atoms with Crippen LogP contribution in [0.4, 0.5) is 11.5 Å². The van der Waals surface area contributed by atoms with Crippen LogP contribution in [0.15, 0.2) is 12.1 Å². The molecule has 14 heavy (non-hydrogen) atoms. The van der Waals surface area contributed by atoms with Gasteiger partial charge in [0.2, 0.25) is 5.88 Å². The van der Waals surface area contributed by atoms with Gasteiger partial charge in [-0.05, 0) is 12.1 Å². The SMILES string of the molecule is CN(C)c1ccc2c(n1)OCCN2C. The highest BCUT2D eigenvalue weighted by Crippen LogP contribution is 2.30. The van der Waals surface area contributed by atoms with E-state index in [1.807, 2.05) is 25.1 Å². The number of aromatic nitrogens is 1. The summed E-state index contributed by atoms with van der Waals surface area (Å²) < 4.78 is 5.51. The second-order valence-corrected chi connectivity index (χ2v) is 3.66. The molecule has 1 aromatic heterocycles. The van der Waals surface area contributed by atoms with E-state index in [2.05, 4.69) is 23.0 Å². The van der Waals surface area contributed by atoms with E-state index in [0.717, 1.165) is 23.9 Å². The Morgan fingerprint density at radius 3 is 2.93 bits per heavy atom. The number of rotatable bonds is 1. The molecule has 0 unspecified atom stereocenters. The Morgan fingerprint density at radius 1 is 1.43 bits per heavy atom. The first-order valence-corrected chi connectivity index (χ1v) is 4.71. The Bertz CT molecular complexity index is 338. The Labute approximate surface area is 84.1 Å². The van der Waals surface area contributed by atoms with E-state index >= 15 is 0 Å². The van der Waals surface area contributed by atoms with Gasteiger partial charge < -0.3 is 14.5 Å². The molecule has 4 nitrogen and oxygen atoms in total. The first-order valence-electron chi connectivity index (χ1n) is 4.71. The van der Waals surface area contributed by atoms with E-state index in [4.69, 9.17) is 4.74 Å². The van der Waals surface area contributed by atoms with Gasteiger partial charge in [0.1, 0.15) is 12.4 Å². The van der Waals surface area contributed by atoms with Crippen molar-refractivity contribution in [3.8, 4) is 5.88 Å². The molecule has 0 atom stereocenters. The van der Waals surface area contributed by atoms with Crippen LogP contribution in [0.3, 0.4) is 0 Å². The van der Waals surface area contributed by atoms with Crippen molar-refractivity contribution in [1.82, 2.24) is 4.98 Å². The monoisotopic (exact) mass is 193 g/mol. The zero-order valence-electron chi connectivity index (χ0n) is 8.82. The molecule has 0 bridgehead atoms. The molecule has 0 N–H and O–H groups in total. The van der Waals surface area contributed by atoms with Crippen molar-refractivity contribution in [2.24, 2.45) is 0 Å². The van der Waals surface area contributed by atoms with Crippen molar-refractivity contribution in [2.45, 2.75) is 0 Å². The first-order chi connectivity index (χ1) is 6.68. The summed E-state index contributed by atoms with van der Waals surface area (Å²) in [4.78, 5) is 8.55. The number of ether oxygens (including phenoxy) is 1. The van der Waals surface area contributed by atoms with E-state index in [-0.39, 0.29) is 0 Å². The number of hydrogen-bond acceptors (Lipinski definition) is 4. The molecule has 4 heteroatoms. The lowest BCUT2D eigenvalue weighted by atomic mass is 10.3. The third-order valence-corrected chi connectivity index (χ3v) is 2.36. The summed E-state index contributed by atoms with van der Waals surface area (Å²) in [5.41, 5.74) is 1.07. The number of likely N-dealkylation sites (N-methyl/N-ethyl adjacent to an activating group) is 1. The maximum absolute atomic E-state index is 5.51. The molecular formula is C10H15N3O. The predicted octanol–water partition coefficient (Wildman–Crippen LogP) is 0.976. The molecule has 0 spiro atoms. The zero-order valence-corrected chi connectivity index (χ0v) is 8.82. The highest BCUT2D eigenvalue weighted by Gasteiger charge is 2.16. The van der Waals surface area contributed by atoms with Crippen LogP contribution in [-0.4, -0.2) is 39.3 Å². The van der Waals surface area contributed by atoms with Crippen molar-refractivity contribution in [1.29, 1.82) is 0 Å². The minimum Gasteiger partial charge on any atom is -0.474 e. The molecule has 0 aromatic carbocycles. The molecule has 2 rings (SSSR count). The number of anilines is 2. The summed E-state index contributed by atoms with van der Waals surface area (Å²) in [6, 6.07) is 4.06. The molecule has 0 saturated heterocycles. The maximum Gasteiger partial charge on any atom is 0.239 e. The minimum atomic E-state index is 0.716. The van der Waals surface area contributed by atoms with Crippen LogP contribution in [-0.2, 0) is 0 Å². The van der Waals surface area contributed by atoms with E-state index in [0.29, 0.717) is 6.61 Å². The van der Waals surface area contributed by atoms with Gasteiger partial charge >= 0.3 is 0 Å². The van der Waals surface area contributed by atoms with Gasteiger partial charge in [-0.3, -0.25) is 0 Å². The fourth-order valence-corrected chi connectivity index (χ4v) is 1.47. The van der Waals surface area contributed by atoms with Gasteiger partial charge in [0, 0.05) is 21.1 Å². The molecule has 0 aliphatic carbocycles. The van der Waals surface area contributed by atoms with E-state index < -0.39 is 0 Å². The standard InChI is InChI=1S/C10H15N3O/c1-12(2)9-5-4-8-10(11-9)14-7-6-13(8)3/h4-5H,6-7H2,1-3H3. The second-order valence-electron chi connectivity index (χ2n) is 3.66. The summed E-state index contributed by atoms with van der Waals surface area (Å²) in [6.07, 6.45) is 0. The molecule has 1 aliphatic rings. The number of hydrogen-bond donors (Lipinski definition) is 0. The predicted molar refractivity (Wildman–Crippen MR) is 57.3 cm³/mol. The Hall–Kier alpha value is -1.45. The molecular weight excluding hydrogens is 178 g/mol. The van der Waals surface area contributed by atoms with Crippen LogP contribution in [0, 0.1) is 0 Å². The molecule has 2 heterocycles. The molecule has 76 valence electrons. The van der Waals surface area contributed by atoms with E-state index in [9.17, 15) is 0 Å². The lowest BCUT2D eigenvalue weighted by Crippen LogP contribution is -2.29. The maximum atomic E-state index is 5.51. The average Bonchev–Trinajstić information content (AvgIpc) is 2.17. The van der Waals surface area contributed by atoms with Crippen LogP contribution in [0.25, 0.3) is 0 Å². The van der Waals surface area contributed by atoms with E-state index in [1.165, 1.54) is 0 Å². The summed E-state index contributed by atoms with van der Waals surface area (Å²) in [5, 5.41) is 0. The molecule has 0 radical (unpaired) electrons. The van der Waals surface area contributed by atoms with Gasteiger partial charge in [0.25, 0.3) is 0 Å². The van der Waals surface area contributed by atoms with Crippen LogP contribution in [0.5, 0.6) is 5.88 Å². The molecule has 1 aliphatic heterocycles. The quantitative estimate of drug-likeness (QED) is 0.664. The van der Waals surface area contributed by atoms with Crippen LogP contribution >= 0.6 is 0 Å². The molecule has 0 fully saturated rings. The van der Waals surface area contributed by atoms with Crippen LogP contribution < -0.4 is 14.5 Å². The highest BCUT2D eigenvalue weighted by atomic mass is 16.5. The topological polar surface area (TPSA) is 28.6 Å². The van der Waals surface area contributed by atoms with Gasteiger partial charge in [-0.2, -0.15) is 4.98 Å². The summed E-state index contributed by atoms with van der Waals surface area (Å²) >= 11 is 0. The van der Waals surface area contributed by atoms with Crippen LogP contribution in [0.2, 0.25) is 0 Å². The van der Waals surface area contributed by atoms with Gasteiger partial charge in [0.05, 0.1) is 12.2 Å². The van der Waals surface area contributed by atoms with Crippen molar-refractivity contribution in [2.75, 3.05) is 44.1 Å². The van der Waals surface area contributed by atoms with Gasteiger partial charge in [-0.15, -0.1) is 0 Å². The lowest BCUT2D eigenvalue weighted by molar-refractivity contribution is 0.299. The zero-order chi connectivity index (χ0) is 10.1. The Kier molecular flexibility index (Phi) is 2.19. The lowest BCUT2D eigenvalue weighted by Gasteiger charge is -2.27. The average molecular weight is 193 g/mol. The van der Waals surface area contributed by atoms with Crippen molar-refractivity contribution in [3.63, 3.8) is 0 Å². The molecule has 0 amide bonds. The fourth-order valence-electron chi connectivity index (χ4n) is 1.47. The molecule has 1 aromatic rings.